The van der Waals surface area contributed by atoms with E-state index in [0.717, 1.165) is 5.52 Å². The Kier molecular flexibility index (Phi) is 3.13. The maximum Gasteiger partial charge on any atom is 0.0705 e. The second kappa shape index (κ2) is 4.40. The molecule has 0 aliphatic heterocycles. The average Bonchev–Trinajstić information content (AvgIpc) is 3.11. The molecule has 1 fully saturated rings. The molecule has 1 atom stereocenters. The highest BCUT2D eigenvalue weighted by molar-refractivity contribution is 5.85. The van der Waals surface area contributed by atoms with Crippen LogP contribution in [0, 0.1) is 5.92 Å². The highest BCUT2D eigenvalue weighted by atomic mass is 35.5. The van der Waals surface area contributed by atoms with Gasteiger partial charge in [-0.3, -0.25) is 4.98 Å². The lowest BCUT2D eigenvalue weighted by Gasteiger charge is -2.12. The van der Waals surface area contributed by atoms with E-state index >= 15 is 0 Å². The summed E-state index contributed by atoms with van der Waals surface area (Å²) in [7, 11) is 0. The van der Waals surface area contributed by atoms with Gasteiger partial charge in [-0.15, -0.1) is 12.4 Å². The molecule has 1 aliphatic rings. The van der Waals surface area contributed by atoms with Crippen molar-refractivity contribution in [1.82, 2.24) is 4.98 Å². The Balaban J connectivity index is 0.000000963. The molecule has 0 spiro atoms. The normalized spacial score (nSPS) is 16.8. The Hall–Kier alpha value is -1.12. The first-order chi connectivity index (χ1) is 7.36. The van der Waals surface area contributed by atoms with Crippen molar-refractivity contribution in [3.05, 3.63) is 42.1 Å². The molecule has 0 bridgehead atoms. The van der Waals surface area contributed by atoms with Gasteiger partial charge < -0.3 is 5.73 Å². The number of hydrogen-bond donors (Lipinski definition) is 1. The van der Waals surface area contributed by atoms with E-state index in [2.05, 4.69) is 17.1 Å². The van der Waals surface area contributed by atoms with Crippen molar-refractivity contribution in [3.63, 3.8) is 0 Å². The van der Waals surface area contributed by atoms with Gasteiger partial charge in [-0.1, -0.05) is 18.2 Å². The molecule has 0 unspecified atom stereocenters. The van der Waals surface area contributed by atoms with Crippen molar-refractivity contribution < 1.29 is 0 Å². The fourth-order valence-electron chi connectivity index (χ4n) is 2.12. The molecule has 0 saturated heterocycles. The number of para-hydroxylation sites is 1. The van der Waals surface area contributed by atoms with Gasteiger partial charge >= 0.3 is 0 Å². The summed E-state index contributed by atoms with van der Waals surface area (Å²) in [5, 5.41) is 1.21. The maximum absolute atomic E-state index is 6.24. The molecule has 3 heteroatoms. The number of rotatable bonds is 2. The van der Waals surface area contributed by atoms with Crippen molar-refractivity contribution in [3.8, 4) is 0 Å². The Bertz CT molecular complexity index is 489. The first-order valence-electron chi connectivity index (χ1n) is 5.45. The molecule has 1 saturated carbocycles. The molecule has 0 radical (unpaired) electrons. The summed E-state index contributed by atoms with van der Waals surface area (Å²) in [6, 6.07) is 10.5. The van der Waals surface area contributed by atoms with Crippen LogP contribution in [0.1, 0.15) is 24.4 Å². The number of nitrogens with two attached hydrogens (primary N) is 1. The van der Waals surface area contributed by atoms with Crippen LogP contribution in [-0.4, -0.2) is 4.98 Å². The van der Waals surface area contributed by atoms with E-state index in [1.54, 1.807) is 0 Å². The number of benzene rings is 1. The zero-order valence-electron chi connectivity index (χ0n) is 8.97. The number of pyridine rings is 1. The van der Waals surface area contributed by atoms with Crippen LogP contribution in [0.3, 0.4) is 0 Å². The van der Waals surface area contributed by atoms with Gasteiger partial charge in [0.1, 0.15) is 0 Å². The van der Waals surface area contributed by atoms with E-state index in [1.165, 1.54) is 23.8 Å². The topological polar surface area (TPSA) is 38.9 Å². The number of nitrogens with zero attached hydrogens (tertiary/aromatic N) is 1. The Labute approximate surface area is 101 Å². The zero-order chi connectivity index (χ0) is 10.3. The summed E-state index contributed by atoms with van der Waals surface area (Å²) in [6.45, 7) is 0. The third-order valence-corrected chi connectivity index (χ3v) is 3.17. The molecule has 2 N–H and O–H groups in total. The molecule has 1 aromatic heterocycles. The van der Waals surface area contributed by atoms with E-state index in [4.69, 9.17) is 5.73 Å². The summed E-state index contributed by atoms with van der Waals surface area (Å²) < 4.78 is 0. The molecular formula is C13H15ClN2. The fourth-order valence-corrected chi connectivity index (χ4v) is 2.12. The highest BCUT2D eigenvalue weighted by Gasteiger charge is 2.30. The van der Waals surface area contributed by atoms with E-state index < -0.39 is 0 Å². The van der Waals surface area contributed by atoms with E-state index in [9.17, 15) is 0 Å². The van der Waals surface area contributed by atoms with Crippen molar-refractivity contribution in [1.29, 1.82) is 0 Å². The predicted octanol–water partition coefficient (Wildman–Crippen LogP) is 3.07. The molecule has 0 amide bonds. The van der Waals surface area contributed by atoms with Crippen molar-refractivity contribution in [2.45, 2.75) is 18.9 Å². The molecule has 1 heterocycles. The number of hydrogen-bond acceptors (Lipinski definition) is 2. The van der Waals surface area contributed by atoms with Crippen molar-refractivity contribution in [2.24, 2.45) is 11.7 Å². The van der Waals surface area contributed by atoms with Crippen LogP contribution in [0.25, 0.3) is 10.9 Å². The van der Waals surface area contributed by atoms with E-state index in [1.807, 2.05) is 24.4 Å². The largest absolute Gasteiger partial charge is 0.324 e. The average molecular weight is 235 g/mol. The van der Waals surface area contributed by atoms with E-state index in [-0.39, 0.29) is 18.4 Å². The first kappa shape index (κ1) is 11.4. The van der Waals surface area contributed by atoms with Gasteiger partial charge in [0.15, 0.2) is 0 Å². The lowest BCUT2D eigenvalue weighted by Crippen LogP contribution is -2.12. The molecule has 1 aromatic carbocycles. The zero-order valence-corrected chi connectivity index (χ0v) is 9.78. The quantitative estimate of drug-likeness (QED) is 0.868. The van der Waals surface area contributed by atoms with Gasteiger partial charge in [-0.25, -0.2) is 0 Å². The van der Waals surface area contributed by atoms with Crippen LogP contribution >= 0.6 is 12.4 Å². The van der Waals surface area contributed by atoms with Crippen molar-refractivity contribution in [2.75, 3.05) is 0 Å². The minimum atomic E-state index is 0. The molecule has 84 valence electrons. The summed E-state index contributed by atoms with van der Waals surface area (Å²) in [5.74, 6) is 0.691. The number of fused-ring (bicyclic) bond motifs is 1. The fraction of sp³-hybridized carbons (Fsp3) is 0.308. The minimum absolute atomic E-state index is 0. The Morgan fingerprint density at radius 2 is 1.94 bits per heavy atom. The van der Waals surface area contributed by atoms with Crippen LogP contribution in [0.4, 0.5) is 0 Å². The smallest absolute Gasteiger partial charge is 0.0705 e. The summed E-state index contributed by atoms with van der Waals surface area (Å²) in [4.78, 5) is 4.35. The van der Waals surface area contributed by atoms with Gasteiger partial charge in [-0.05, 0) is 36.5 Å². The number of aromatic nitrogens is 1. The summed E-state index contributed by atoms with van der Waals surface area (Å²) in [6.07, 6.45) is 4.41. The van der Waals surface area contributed by atoms with E-state index in [0.29, 0.717) is 5.92 Å². The van der Waals surface area contributed by atoms with Gasteiger partial charge in [0.25, 0.3) is 0 Å². The standard InChI is InChI=1S/C13H14N2.ClH/c14-13(9-5-6-9)11-7-8-15-12-4-2-1-3-10(11)12;/h1-4,7-9,13H,5-6,14H2;1H/t13-;/m1./s1. The summed E-state index contributed by atoms with van der Waals surface area (Å²) in [5.41, 5.74) is 8.54. The van der Waals surface area contributed by atoms with Crippen LogP contribution in [0.2, 0.25) is 0 Å². The molecule has 16 heavy (non-hydrogen) atoms. The third-order valence-electron chi connectivity index (χ3n) is 3.17. The maximum atomic E-state index is 6.24. The van der Waals surface area contributed by atoms with Gasteiger partial charge in [0, 0.05) is 17.6 Å². The van der Waals surface area contributed by atoms with Crippen molar-refractivity contribution >= 4 is 23.3 Å². The lowest BCUT2D eigenvalue weighted by molar-refractivity contribution is 0.638. The molecule has 1 aliphatic carbocycles. The van der Waals surface area contributed by atoms with Gasteiger partial charge in [0.05, 0.1) is 5.52 Å². The van der Waals surface area contributed by atoms with Crippen LogP contribution in [-0.2, 0) is 0 Å². The number of halogens is 1. The highest BCUT2D eigenvalue weighted by Crippen LogP contribution is 2.40. The van der Waals surface area contributed by atoms with Gasteiger partial charge in [0.2, 0.25) is 0 Å². The first-order valence-corrected chi connectivity index (χ1v) is 5.45. The summed E-state index contributed by atoms with van der Waals surface area (Å²) >= 11 is 0. The molecule has 2 nitrogen and oxygen atoms in total. The third kappa shape index (κ3) is 1.91. The lowest BCUT2D eigenvalue weighted by atomic mass is 9.99. The minimum Gasteiger partial charge on any atom is -0.324 e. The second-order valence-corrected chi connectivity index (χ2v) is 4.28. The Morgan fingerprint density at radius 1 is 1.19 bits per heavy atom. The van der Waals surface area contributed by atoms with Gasteiger partial charge in [-0.2, -0.15) is 0 Å². The van der Waals surface area contributed by atoms with Crippen LogP contribution in [0.15, 0.2) is 36.5 Å². The Morgan fingerprint density at radius 3 is 2.69 bits per heavy atom. The molecular weight excluding hydrogens is 220 g/mol. The SMILES string of the molecule is Cl.N[C@@H](c1ccnc2ccccc12)C1CC1. The molecule has 3 rings (SSSR count). The second-order valence-electron chi connectivity index (χ2n) is 4.28. The molecule has 2 aromatic rings. The van der Waals surface area contributed by atoms with Crippen LogP contribution in [0.5, 0.6) is 0 Å². The monoisotopic (exact) mass is 234 g/mol. The predicted molar refractivity (Wildman–Crippen MR) is 68.6 cm³/mol. The van der Waals surface area contributed by atoms with Crippen LogP contribution < -0.4 is 5.73 Å².